The molecule has 1 heterocycles. The van der Waals surface area contributed by atoms with Crippen LogP contribution in [0.4, 0.5) is 4.79 Å². The van der Waals surface area contributed by atoms with Gasteiger partial charge in [0.1, 0.15) is 11.4 Å². The molecule has 2 rings (SSSR count). The number of hydrogen-bond acceptors (Lipinski definition) is 3. The van der Waals surface area contributed by atoms with E-state index in [9.17, 15) is 4.79 Å². The van der Waals surface area contributed by atoms with Crippen molar-refractivity contribution in [3.63, 3.8) is 0 Å². The van der Waals surface area contributed by atoms with Crippen LogP contribution in [0.2, 0.25) is 0 Å². The minimum Gasteiger partial charge on any atom is -0.496 e. The topological polar surface area (TPSA) is 38.8 Å². The molecule has 0 N–H and O–H groups in total. The summed E-state index contributed by atoms with van der Waals surface area (Å²) in [6, 6.07) is 6.25. The molecule has 1 saturated heterocycles. The number of aryl methyl sites for hydroxylation is 1. The van der Waals surface area contributed by atoms with Gasteiger partial charge in [0, 0.05) is 19.0 Å². The number of methoxy groups -OCH3 is 1. The predicted molar refractivity (Wildman–Crippen MR) is 82.9 cm³/mol. The molecule has 1 aliphatic rings. The van der Waals surface area contributed by atoms with Gasteiger partial charge < -0.3 is 14.4 Å². The van der Waals surface area contributed by atoms with Gasteiger partial charge in [-0.1, -0.05) is 12.1 Å². The molecule has 21 heavy (non-hydrogen) atoms. The second-order valence-electron chi connectivity index (χ2n) is 6.64. The molecular weight excluding hydrogens is 266 g/mol. The summed E-state index contributed by atoms with van der Waals surface area (Å²) in [6.45, 7) is 9.20. The van der Waals surface area contributed by atoms with Crippen molar-refractivity contribution in [1.82, 2.24) is 4.90 Å². The molecule has 0 aliphatic carbocycles. The molecule has 1 unspecified atom stereocenters. The van der Waals surface area contributed by atoms with E-state index in [4.69, 9.17) is 9.47 Å². The Hall–Kier alpha value is -1.71. The lowest BCUT2D eigenvalue weighted by molar-refractivity contribution is 0.0292. The number of nitrogens with zero attached hydrogens (tertiary/aromatic N) is 1. The number of benzene rings is 1. The minimum absolute atomic E-state index is 0.213. The van der Waals surface area contributed by atoms with Crippen LogP contribution in [0, 0.1) is 6.92 Å². The van der Waals surface area contributed by atoms with E-state index >= 15 is 0 Å². The van der Waals surface area contributed by atoms with Gasteiger partial charge in [-0.2, -0.15) is 0 Å². The van der Waals surface area contributed by atoms with Crippen molar-refractivity contribution < 1.29 is 14.3 Å². The summed E-state index contributed by atoms with van der Waals surface area (Å²) >= 11 is 0. The Morgan fingerprint density at radius 2 is 2.05 bits per heavy atom. The Morgan fingerprint density at radius 3 is 2.62 bits per heavy atom. The second kappa shape index (κ2) is 5.96. The summed E-state index contributed by atoms with van der Waals surface area (Å²) in [5.74, 6) is 1.28. The highest BCUT2D eigenvalue weighted by Gasteiger charge is 2.30. The molecule has 0 saturated carbocycles. The monoisotopic (exact) mass is 291 g/mol. The highest BCUT2D eigenvalue weighted by atomic mass is 16.6. The van der Waals surface area contributed by atoms with Gasteiger partial charge in [-0.05, 0) is 51.3 Å². The fourth-order valence-corrected chi connectivity index (χ4v) is 2.68. The molecule has 0 aromatic heterocycles. The molecule has 1 amide bonds. The van der Waals surface area contributed by atoms with Gasteiger partial charge in [0.15, 0.2) is 0 Å². The average molecular weight is 291 g/mol. The molecule has 1 atom stereocenters. The van der Waals surface area contributed by atoms with Crippen LogP contribution in [0.1, 0.15) is 44.2 Å². The van der Waals surface area contributed by atoms with Crippen molar-refractivity contribution in [3.8, 4) is 5.75 Å². The van der Waals surface area contributed by atoms with Crippen molar-refractivity contribution >= 4 is 6.09 Å². The lowest BCUT2D eigenvalue weighted by atomic mass is 9.96. The van der Waals surface area contributed by atoms with Crippen LogP contribution >= 0.6 is 0 Å². The molecule has 0 spiro atoms. The van der Waals surface area contributed by atoms with Crippen LogP contribution in [0.25, 0.3) is 0 Å². The summed E-state index contributed by atoms with van der Waals surface area (Å²) in [6.07, 6.45) is 0.764. The predicted octanol–water partition coefficient (Wildman–Crippen LogP) is 3.73. The van der Waals surface area contributed by atoms with Crippen LogP contribution in [0.3, 0.4) is 0 Å². The molecule has 1 aromatic rings. The van der Waals surface area contributed by atoms with E-state index in [1.165, 1.54) is 5.56 Å². The van der Waals surface area contributed by atoms with Crippen LogP contribution < -0.4 is 4.74 Å². The summed E-state index contributed by atoms with van der Waals surface area (Å²) < 4.78 is 10.7. The van der Waals surface area contributed by atoms with E-state index in [2.05, 4.69) is 12.1 Å². The summed E-state index contributed by atoms with van der Waals surface area (Å²) in [5, 5.41) is 0. The van der Waals surface area contributed by atoms with Gasteiger partial charge in [0.25, 0.3) is 0 Å². The van der Waals surface area contributed by atoms with Gasteiger partial charge in [-0.3, -0.25) is 0 Å². The van der Waals surface area contributed by atoms with Gasteiger partial charge >= 0.3 is 6.09 Å². The van der Waals surface area contributed by atoms with E-state index in [0.29, 0.717) is 5.92 Å². The maximum Gasteiger partial charge on any atom is 0.410 e. The van der Waals surface area contributed by atoms with Gasteiger partial charge in [-0.15, -0.1) is 0 Å². The lowest BCUT2D eigenvalue weighted by Gasteiger charge is -2.24. The zero-order valence-corrected chi connectivity index (χ0v) is 13.6. The highest BCUT2D eigenvalue weighted by Crippen LogP contribution is 2.31. The smallest absolute Gasteiger partial charge is 0.410 e. The molecular formula is C17H25NO3. The second-order valence-corrected chi connectivity index (χ2v) is 6.64. The molecule has 1 aliphatic heterocycles. The van der Waals surface area contributed by atoms with Crippen molar-refractivity contribution in [2.24, 2.45) is 0 Å². The first kappa shape index (κ1) is 15.7. The number of ether oxygens (including phenoxy) is 2. The first-order valence-corrected chi connectivity index (χ1v) is 7.42. The van der Waals surface area contributed by atoms with E-state index < -0.39 is 5.60 Å². The number of carbonyl (C=O) groups is 1. The van der Waals surface area contributed by atoms with Gasteiger partial charge in [0.2, 0.25) is 0 Å². The number of amides is 1. The summed E-state index contributed by atoms with van der Waals surface area (Å²) in [7, 11) is 1.68. The van der Waals surface area contributed by atoms with Crippen LogP contribution in [0.15, 0.2) is 18.2 Å². The van der Waals surface area contributed by atoms with E-state index in [1.54, 1.807) is 12.0 Å². The minimum atomic E-state index is -0.439. The Labute approximate surface area is 127 Å². The SMILES string of the molecule is COc1ccc(C2CCN(C(=O)OC(C)(C)C)C2)cc1C. The molecule has 4 heteroatoms. The van der Waals surface area contributed by atoms with Gasteiger partial charge in [-0.25, -0.2) is 4.79 Å². The number of rotatable bonds is 2. The highest BCUT2D eigenvalue weighted by molar-refractivity contribution is 5.68. The van der Waals surface area contributed by atoms with Crippen molar-refractivity contribution in [1.29, 1.82) is 0 Å². The third kappa shape index (κ3) is 3.90. The fraction of sp³-hybridized carbons (Fsp3) is 0.588. The quantitative estimate of drug-likeness (QED) is 0.833. The molecule has 4 nitrogen and oxygen atoms in total. The number of hydrogen-bond donors (Lipinski definition) is 0. The Bertz CT molecular complexity index is 519. The largest absolute Gasteiger partial charge is 0.496 e. The normalized spacial score (nSPS) is 18.7. The van der Waals surface area contributed by atoms with Crippen LogP contribution in [0.5, 0.6) is 5.75 Å². The maximum absolute atomic E-state index is 12.1. The van der Waals surface area contributed by atoms with E-state index in [-0.39, 0.29) is 6.09 Å². The first-order valence-electron chi connectivity index (χ1n) is 7.42. The lowest BCUT2D eigenvalue weighted by Crippen LogP contribution is -2.35. The zero-order chi connectivity index (χ0) is 15.6. The third-order valence-corrected chi connectivity index (χ3v) is 3.73. The van der Waals surface area contributed by atoms with Crippen LogP contribution in [-0.4, -0.2) is 36.8 Å². The molecule has 1 aromatic carbocycles. The molecule has 116 valence electrons. The Kier molecular flexibility index (Phi) is 4.45. The zero-order valence-electron chi connectivity index (χ0n) is 13.6. The van der Waals surface area contributed by atoms with Crippen molar-refractivity contribution in [3.05, 3.63) is 29.3 Å². The fourth-order valence-electron chi connectivity index (χ4n) is 2.68. The van der Waals surface area contributed by atoms with Gasteiger partial charge in [0.05, 0.1) is 7.11 Å². The Morgan fingerprint density at radius 1 is 1.33 bits per heavy atom. The summed E-state index contributed by atoms with van der Waals surface area (Å²) in [5.41, 5.74) is 1.95. The number of likely N-dealkylation sites (tertiary alicyclic amines) is 1. The third-order valence-electron chi connectivity index (χ3n) is 3.73. The summed E-state index contributed by atoms with van der Waals surface area (Å²) in [4.78, 5) is 13.9. The van der Waals surface area contributed by atoms with Crippen molar-refractivity contribution in [2.45, 2.75) is 45.6 Å². The Balaban J connectivity index is 2.02. The number of carbonyl (C=O) groups excluding carboxylic acids is 1. The standard InChI is InChI=1S/C17H25NO3/c1-12-10-13(6-7-15(12)20-5)14-8-9-18(11-14)16(19)21-17(2,3)4/h6-7,10,14H,8-9,11H2,1-5H3. The molecule has 0 bridgehead atoms. The van der Waals surface area contributed by atoms with E-state index in [0.717, 1.165) is 30.8 Å². The van der Waals surface area contributed by atoms with E-state index in [1.807, 2.05) is 33.8 Å². The average Bonchev–Trinajstić information content (AvgIpc) is 2.86. The van der Waals surface area contributed by atoms with Crippen LogP contribution in [-0.2, 0) is 4.74 Å². The first-order chi connectivity index (χ1) is 9.80. The molecule has 1 fully saturated rings. The molecule has 0 radical (unpaired) electrons. The maximum atomic E-state index is 12.1. The van der Waals surface area contributed by atoms with Crippen molar-refractivity contribution in [2.75, 3.05) is 20.2 Å².